The number of nitrogens with zero attached hydrogens (tertiary/aromatic N) is 1. The minimum absolute atomic E-state index is 0.0777. The number of thiazole rings is 1. The highest BCUT2D eigenvalue weighted by molar-refractivity contribution is 7.12. The van der Waals surface area contributed by atoms with Gasteiger partial charge >= 0.3 is 12.1 Å². The molecular formula is C9H12N2O4S. The number of carboxylic acid groups (broad SMARTS) is 1. The van der Waals surface area contributed by atoms with Crippen molar-refractivity contribution in [1.82, 2.24) is 4.98 Å². The molecule has 0 aliphatic carbocycles. The first kappa shape index (κ1) is 12.4. The first-order valence-corrected chi connectivity index (χ1v) is 5.35. The molecule has 0 spiro atoms. The van der Waals surface area contributed by atoms with Gasteiger partial charge in [0.2, 0.25) is 5.01 Å². The fourth-order valence-electron chi connectivity index (χ4n) is 0.838. The van der Waals surface area contributed by atoms with E-state index < -0.39 is 17.7 Å². The van der Waals surface area contributed by atoms with Gasteiger partial charge in [0.15, 0.2) is 0 Å². The fraction of sp³-hybridized carbons (Fsp3) is 0.444. The molecular weight excluding hydrogens is 232 g/mol. The van der Waals surface area contributed by atoms with Gasteiger partial charge in [-0.15, -0.1) is 11.3 Å². The molecule has 1 aromatic rings. The summed E-state index contributed by atoms with van der Waals surface area (Å²) < 4.78 is 4.98. The lowest BCUT2D eigenvalue weighted by Gasteiger charge is -2.18. The summed E-state index contributed by atoms with van der Waals surface area (Å²) in [6.45, 7) is 5.20. The third-order valence-electron chi connectivity index (χ3n) is 1.32. The monoisotopic (exact) mass is 244 g/mol. The average Bonchev–Trinajstić information content (AvgIpc) is 2.48. The van der Waals surface area contributed by atoms with Crippen LogP contribution in [0.5, 0.6) is 0 Å². The van der Waals surface area contributed by atoms with Crippen LogP contribution in [0.4, 0.5) is 10.6 Å². The van der Waals surface area contributed by atoms with Gasteiger partial charge in [0.05, 0.1) is 0 Å². The summed E-state index contributed by atoms with van der Waals surface area (Å²) in [5, 5.41) is 12.3. The Hall–Kier alpha value is -1.63. The Kier molecular flexibility index (Phi) is 3.48. The summed E-state index contributed by atoms with van der Waals surface area (Å²) in [7, 11) is 0. The van der Waals surface area contributed by atoms with Crippen molar-refractivity contribution in [3.05, 3.63) is 10.4 Å². The second kappa shape index (κ2) is 4.48. The van der Waals surface area contributed by atoms with E-state index in [0.717, 1.165) is 11.3 Å². The van der Waals surface area contributed by atoms with Gasteiger partial charge in [-0.05, 0) is 20.8 Å². The molecule has 0 aromatic carbocycles. The minimum Gasteiger partial charge on any atom is -0.476 e. The highest BCUT2D eigenvalue weighted by atomic mass is 32.1. The van der Waals surface area contributed by atoms with Gasteiger partial charge in [0.1, 0.15) is 11.4 Å². The molecule has 2 N–H and O–H groups in total. The molecule has 1 amide bonds. The van der Waals surface area contributed by atoms with Crippen LogP contribution in [0.3, 0.4) is 0 Å². The molecule has 0 aliphatic rings. The number of hydrogen-bond acceptors (Lipinski definition) is 5. The Morgan fingerprint density at radius 2 is 2.12 bits per heavy atom. The Bertz CT molecular complexity index is 408. The first-order chi connectivity index (χ1) is 7.28. The van der Waals surface area contributed by atoms with Crippen molar-refractivity contribution >= 4 is 29.2 Å². The minimum atomic E-state index is -1.12. The number of hydrogen-bond donors (Lipinski definition) is 2. The number of anilines is 1. The number of ether oxygens (including phenoxy) is 1. The SMILES string of the molecule is CC(C)(C)OC(=O)Nc1csc(C(=O)O)n1. The van der Waals surface area contributed by atoms with E-state index in [9.17, 15) is 9.59 Å². The summed E-state index contributed by atoms with van der Waals surface area (Å²) in [6, 6.07) is 0. The van der Waals surface area contributed by atoms with Gasteiger partial charge in [-0.2, -0.15) is 0 Å². The highest BCUT2D eigenvalue weighted by Gasteiger charge is 2.17. The van der Waals surface area contributed by atoms with Crippen LogP contribution in [0.15, 0.2) is 5.38 Å². The van der Waals surface area contributed by atoms with Crippen LogP contribution in [0, 0.1) is 0 Å². The second-order valence-corrected chi connectivity index (χ2v) is 4.83. The maximum atomic E-state index is 11.3. The molecule has 1 aromatic heterocycles. The fourth-order valence-corrected chi connectivity index (χ4v) is 1.42. The molecule has 7 heteroatoms. The Labute approximate surface area is 96.3 Å². The van der Waals surface area contributed by atoms with Crippen molar-refractivity contribution in [3.63, 3.8) is 0 Å². The number of aromatic nitrogens is 1. The van der Waals surface area contributed by atoms with Crippen LogP contribution < -0.4 is 5.32 Å². The van der Waals surface area contributed by atoms with E-state index in [2.05, 4.69) is 10.3 Å². The summed E-state index contributed by atoms with van der Waals surface area (Å²) >= 11 is 0.937. The number of carbonyl (C=O) groups excluding carboxylic acids is 1. The summed E-state index contributed by atoms with van der Waals surface area (Å²) in [5.74, 6) is -0.945. The Balaban J connectivity index is 2.60. The molecule has 0 radical (unpaired) electrons. The highest BCUT2D eigenvalue weighted by Crippen LogP contribution is 2.15. The third-order valence-corrected chi connectivity index (χ3v) is 2.15. The Morgan fingerprint density at radius 3 is 2.56 bits per heavy atom. The number of amides is 1. The summed E-state index contributed by atoms with van der Waals surface area (Å²) in [5.41, 5.74) is -0.601. The average molecular weight is 244 g/mol. The first-order valence-electron chi connectivity index (χ1n) is 4.47. The lowest BCUT2D eigenvalue weighted by atomic mass is 10.2. The summed E-state index contributed by atoms with van der Waals surface area (Å²) in [4.78, 5) is 25.5. The zero-order valence-corrected chi connectivity index (χ0v) is 9.92. The molecule has 6 nitrogen and oxygen atoms in total. The topological polar surface area (TPSA) is 88.5 Å². The molecule has 0 saturated carbocycles. The van der Waals surface area contributed by atoms with E-state index in [1.807, 2.05) is 0 Å². The number of rotatable bonds is 2. The number of nitrogens with one attached hydrogen (secondary N) is 1. The maximum absolute atomic E-state index is 11.3. The Morgan fingerprint density at radius 1 is 1.50 bits per heavy atom. The molecule has 88 valence electrons. The van der Waals surface area contributed by atoms with E-state index in [4.69, 9.17) is 9.84 Å². The molecule has 0 atom stereocenters. The van der Waals surface area contributed by atoms with Crippen molar-refractivity contribution in [2.45, 2.75) is 26.4 Å². The van der Waals surface area contributed by atoms with Gasteiger partial charge < -0.3 is 9.84 Å². The van der Waals surface area contributed by atoms with Crippen LogP contribution in [-0.2, 0) is 4.74 Å². The maximum Gasteiger partial charge on any atom is 0.413 e. The van der Waals surface area contributed by atoms with Crippen LogP contribution in [0.2, 0.25) is 0 Å². The van der Waals surface area contributed by atoms with E-state index in [1.54, 1.807) is 20.8 Å². The van der Waals surface area contributed by atoms with Crippen molar-refractivity contribution in [2.75, 3.05) is 5.32 Å². The van der Waals surface area contributed by atoms with Crippen molar-refractivity contribution in [2.24, 2.45) is 0 Å². The number of carbonyl (C=O) groups is 2. The van der Waals surface area contributed by atoms with Crippen LogP contribution in [-0.4, -0.2) is 27.8 Å². The molecule has 0 unspecified atom stereocenters. The quantitative estimate of drug-likeness (QED) is 0.832. The van der Waals surface area contributed by atoms with Gasteiger partial charge in [-0.25, -0.2) is 14.6 Å². The number of aromatic carboxylic acids is 1. The third kappa shape index (κ3) is 3.85. The zero-order valence-electron chi connectivity index (χ0n) is 9.10. The van der Waals surface area contributed by atoms with E-state index in [-0.39, 0.29) is 10.8 Å². The van der Waals surface area contributed by atoms with Gasteiger partial charge in [0.25, 0.3) is 0 Å². The molecule has 0 fully saturated rings. The standard InChI is InChI=1S/C9H12N2O4S/c1-9(2,3)15-8(14)11-5-4-16-6(10-5)7(12)13/h4H,1-3H3,(H,11,14)(H,12,13). The van der Waals surface area contributed by atoms with E-state index in [1.165, 1.54) is 5.38 Å². The lowest BCUT2D eigenvalue weighted by Crippen LogP contribution is -2.27. The number of carboxylic acids is 1. The lowest BCUT2D eigenvalue weighted by molar-refractivity contribution is 0.0631. The van der Waals surface area contributed by atoms with E-state index >= 15 is 0 Å². The molecule has 1 rings (SSSR count). The molecule has 16 heavy (non-hydrogen) atoms. The van der Waals surface area contributed by atoms with Gasteiger partial charge in [0, 0.05) is 5.38 Å². The van der Waals surface area contributed by atoms with Crippen LogP contribution in [0.1, 0.15) is 30.6 Å². The molecule has 0 aliphatic heterocycles. The second-order valence-electron chi connectivity index (χ2n) is 3.97. The van der Waals surface area contributed by atoms with Crippen LogP contribution >= 0.6 is 11.3 Å². The van der Waals surface area contributed by atoms with Gasteiger partial charge in [-0.3, -0.25) is 5.32 Å². The van der Waals surface area contributed by atoms with Gasteiger partial charge in [-0.1, -0.05) is 0 Å². The van der Waals surface area contributed by atoms with Crippen molar-refractivity contribution in [1.29, 1.82) is 0 Å². The molecule has 1 heterocycles. The predicted octanol–water partition coefficient (Wildman–Crippen LogP) is 2.19. The van der Waals surface area contributed by atoms with Crippen molar-refractivity contribution in [3.8, 4) is 0 Å². The smallest absolute Gasteiger partial charge is 0.413 e. The van der Waals surface area contributed by atoms with Crippen LogP contribution in [0.25, 0.3) is 0 Å². The van der Waals surface area contributed by atoms with Crippen molar-refractivity contribution < 1.29 is 19.4 Å². The largest absolute Gasteiger partial charge is 0.476 e. The van der Waals surface area contributed by atoms with E-state index in [0.29, 0.717) is 0 Å². The predicted molar refractivity (Wildman–Crippen MR) is 58.9 cm³/mol. The normalized spacial score (nSPS) is 10.9. The summed E-state index contributed by atoms with van der Waals surface area (Å²) in [6.07, 6.45) is -0.658. The molecule has 0 saturated heterocycles. The zero-order chi connectivity index (χ0) is 12.3. The molecule has 0 bridgehead atoms.